The number of hydrogen-bond acceptors (Lipinski definition) is 2. The fourth-order valence-electron chi connectivity index (χ4n) is 2.35. The first kappa shape index (κ1) is 13.5. The standard InChI is InChI=1S/C13H26N2O/c1-4-5-11-6-8-15(9-7-11)12(16)13(2,3)10-14/h11H,4-10,14H2,1-3H3. The van der Waals surface area contributed by atoms with Gasteiger partial charge in [-0.05, 0) is 32.6 Å². The van der Waals surface area contributed by atoms with Crippen molar-refractivity contribution in [2.24, 2.45) is 17.1 Å². The molecule has 0 unspecified atom stereocenters. The molecule has 94 valence electrons. The van der Waals surface area contributed by atoms with Gasteiger partial charge in [-0.3, -0.25) is 4.79 Å². The van der Waals surface area contributed by atoms with E-state index >= 15 is 0 Å². The number of amides is 1. The molecular weight excluding hydrogens is 200 g/mol. The van der Waals surface area contributed by atoms with Crippen LogP contribution in [0.2, 0.25) is 0 Å². The summed E-state index contributed by atoms with van der Waals surface area (Å²) in [6.07, 6.45) is 4.90. The molecule has 0 radical (unpaired) electrons. The van der Waals surface area contributed by atoms with Gasteiger partial charge in [0, 0.05) is 19.6 Å². The predicted molar refractivity (Wildman–Crippen MR) is 67.0 cm³/mol. The largest absolute Gasteiger partial charge is 0.342 e. The monoisotopic (exact) mass is 226 g/mol. The molecule has 0 atom stereocenters. The average molecular weight is 226 g/mol. The molecule has 0 aliphatic carbocycles. The van der Waals surface area contributed by atoms with Crippen LogP contribution in [0.1, 0.15) is 46.5 Å². The van der Waals surface area contributed by atoms with E-state index in [0.717, 1.165) is 19.0 Å². The molecule has 0 saturated carbocycles. The number of carbonyl (C=O) groups is 1. The fraction of sp³-hybridized carbons (Fsp3) is 0.923. The maximum Gasteiger partial charge on any atom is 0.229 e. The zero-order valence-electron chi connectivity index (χ0n) is 11.0. The topological polar surface area (TPSA) is 46.3 Å². The van der Waals surface area contributed by atoms with Gasteiger partial charge in [0.1, 0.15) is 0 Å². The van der Waals surface area contributed by atoms with Crippen molar-refractivity contribution in [2.75, 3.05) is 19.6 Å². The number of piperidine rings is 1. The van der Waals surface area contributed by atoms with Gasteiger partial charge in [-0.25, -0.2) is 0 Å². The minimum absolute atomic E-state index is 0.227. The highest BCUT2D eigenvalue weighted by Gasteiger charge is 2.32. The number of rotatable bonds is 4. The summed E-state index contributed by atoms with van der Waals surface area (Å²) >= 11 is 0. The van der Waals surface area contributed by atoms with Crippen molar-refractivity contribution in [3.8, 4) is 0 Å². The number of nitrogens with zero attached hydrogens (tertiary/aromatic N) is 1. The van der Waals surface area contributed by atoms with E-state index in [2.05, 4.69) is 6.92 Å². The van der Waals surface area contributed by atoms with Gasteiger partial charge < -0.3 is 10.6 Å². The Bertz CT molecular complexity index is 230. The molecule has 1 aliphatic heterocycles. The van der Waals surface area contributed by atoms with E-state index in [-0.39, 0.29) is 5.91 Å². The molecule has 3 heteroatoms. The fourth-order valence-corrected chi connectivity index (χ4v) is 2.35. The summed E-state index contributed by atoms with van der Waals surface area (Å²) in [6.45, 7) is 8.39. The van der Waals surface area contributed by atoms with Crippen LogP contribution in [0, 0.1) is 11.3 Å². The van der Waals surface area contributed by atoms with Gasteiger partial charge in [0.25, 0.3) is 0 Å². The van der Waals surface area contributed by atoms with Gasteiger partial charge in [0.05, 0.1) is 5.41 Å². The summed E-state index contributed by atoms with van der Waals surface area (Å²) in [6, 6.07) is 0. The minimum atomic E-state index is -0.391. The molecule has 0 aromatic rings. The average Bonchev–Trinajstić information content (AvgIpc) is 2.29. The van der Waals surface area contributed by atoms with Crippen molar-refractivity contribution in [3.63, 3.8) is 0 Å². The summed E-state index contributed by atoms with van der Waals surface area (Å²) < 4.78 is 0. The van der Waals surface area contributed by atoms with Gasteiger partial charge in [-0.15, -0.1) is 0 Å². The lowest BCUT2D eigenvalue weighted by Crippen LogP contribution is -2.47. The second-order valence-electron chi connectivity index (χ2n) is 5.61. The summed E-state index contributed by atoms with van der Waals surface area (Å²) in [7, 11) is 0. The van der Waals surface area contributed by atoms with Crippen molar-refractivity contribution in [3.05, 3.63) is 0 Å². The highest BCUT2D eigenvalue weighted by Crippen LogP contribution is 2.25. The highest BCUT2D eigenvalue weighted by molar-refractivity contribution is 5.82. The number of carbonyl (C=O) groups excluding carboxylic acids is 1. The first-order valence-electron chi connectivity index (χ1n) is 6.50. The Morgan fingerprint density at radius 1 is 1.38 bits per heavy atom. The molecule has 1 rings (SSSR count). The maximum atomic E-state index is 12.2. The van der Waals surface area contributed by atoms with Gasteiger partial charge in [0.2, 0.25) is 5.91 Å². The van der Waals surface area contributed by atoms with Gasteiger partial charge >= 0.3 is 0 Å². The third-order valence-electron chi connectivity index (χ3n) is 3.69. The quantitative estimate of drug-likeness (QED) is 0.797. The number of nitrogens with two attached hydrogens (primary N) is 1. The van der Waals surface area contributed by atoms with E-state index in [1.807, 2.05) is 18.7 Å². The van der Waals surface area contributed by atoms with Gasteiger partial charge in [-0.1, -0.05) is 19.8 Å². The van der Waals surface area contributed by atoms with E-state index < -0.39 is 5.41 Å². The Kier molecular flexibility index (Phi) is 4.78. The summed E-state index contributed by atoms with van der Waals surface area (Å²) in [5.41, 5.74) is 5.25. The SMILES string of the molecule is CCCC1CCN(C(=O)C(C)(C)CN)CC1. The Hall–Kier alpha value is -0.570. The van der Waals surface area contributed by atoms with Crippen LogP contribution in [-0.2, 0) is 4.79 Å². The van der Waals surface area contributed by atoms with E-state index in [0.29, 0.717) is 6.54 Å². The van der Waals surface area contributed by atoms with Crippen molar-refractivity contribution in [1.82, 2.24) is 4.90 Å². The van der Waals surface area contributed by atoms with E-state index in [4.69, 9.17) is 5.73 Å². The molecule has 0 spiro atoms. The number of hydrogen-bond donors (Lipinski definition) is 1. The van der Waals surface area contributed by atoms with E-state index in [1.54, 1.807) is 0 Å². The van der Waals surface area contributed by atoms with Crippen LogP contribution in [0.4, 0.5) is 0 Å². The summed E-state index contributed by atoms with van der Waals surface area (Å²) in [5.74, 6) is 1.06. The molecule has 3 nitrogen and oxygen atoms in total. The summed E-state index contributed by atoms with van der Waals surface area (Å²) in [5, 5.41) is 0. The molecule has 1 aliphatic rings. The lowest BCUT2D eigenvalue weighted by Gasteiger charge is -2.36. The molecule has 16 heavy (non-hydrogen) atoms. The molecule has 1 amide bonds. The molecule has 0 aromatic carbocycles. The lowest BCUT2D eigenvalue weighted by molar-refractivity contribution is -0.141. The molecule has 0 aromatic heterocycles. The smallest absolute Gasteiger partial charge is 0.229 e. The Morgan fingerprint density at radius 3 is 2.38 bits per heavy atom. The van der Waals surface area contributed by atoms with E-state index in [9.17, 15) is 4.79 Å². The minimum Gasteiger partial charge on any atom is -0.342 e. The zero-order valence-corrected chi connectivity index (χ0v) is 11.0. The van der Waals surface area contributed by atoms with Crippen LogP contribution >= 0.6 is 0 Å². The third-order valence-corrected chi connectivity index (χ3v) is 3.69. The molecular formula is C13H26N2O. The van der Waals surface area contributed by atoms with Crippen LogP contribution < -0.4 is 5.73 Å². The Labute approximate surface area is 99.4 Å². The highest BCUT2D eigenvalue weighted by atomic mass is 16.2. The van der Waals surface area contributed by atoms with Crippen LogP contribution in [0.5, 0.6) is 0 Å². The zero-order chi connectivity index (χ0) is 12.2. The van der Waals surface area contributed by atoms with Crippen molar-refractivity contribution in [1.29, 1.82) is 0 Å². The van der Waals surface area contributed by atoms with Crippen molar-refractivity contribution >= 4 is 5.91 Å². The lowest BCUT2D eigenvalue weighted by atomic mass is 9.88. The van der Waals surface area contributed by atoms with Crippen molar-refractivity contribution in [2.45, 2.75) is 46.5 Å². The molecule has 1 fully saturated rings. The molecule has 0 bridgehead atoms. The second kappa shape index (κ2) is 5.67. The van der Waals surface area contributed by atoms with Crippen LogP contribution in [0.15, 0.2) is 0 Å². The second-order valence-corrected chi connectivity index (χ2v) is 5.61. The predicted octanol–water partition coefficient (Wildman–Crippen LogP) is 2.01. The van der Waals surface area contributed by atoms with Gasteiger partial charge in [-0.2, -0.15) is 0 Å². The van der Waals surface area contributed by atoms with Crippen LogP contribution in [-0.4, -0.2) is 30.4 Å². The van der Waals surface area contributed by atoms with Crippen molar-refractivity contribution < 1.29 is 4.79 Å². The first-order chi connectivity index (χ1) is 7.51. The Morgan fingerprint density at radius 2 is 1.94 bits per heavy atom. The number of likely N-dealkylation sites (tertiary alicyclic amines) is 1. The summed E-state index contributed by atoms with van der Waals surface area (Å²) in [4.78, 5) is 14.2. The first-order valence-corrected chi connectivity index (χ1v) is 6.50. The third kappa shape index (κ3) is 3.21. The molecule has 2 N–H and O–H groups in total. The van der Waals surface area contributed by atoms with Crippen LogP contribution in [0.25, 0.3) is 0 Å². The van der Waals surface area contributed by atoms with Crippen LogP contribution in [0.3, 0.4) is 0 Å². The molecule has 1 heterocycles. The maximum absolute atomic E-state index is 12.2. The van der Waals surface area contributed by atoms with Gasteiger partial charge in [0.15, 0.2) is 0 Å². The normalized spacial score (nSPS) is 18.9. The Balaban J connectivity index is 2.45. The molecule has 1 saturated heterocycles. The van der Waals surface area contributed by atoms with E-state index in [1.165, 1.54) is 25.7 Å².